The molecule has 0 aliphatic carbocycles. The summed E-state index contributed by atoms with van der Waals surface area (Å²) >= 11 is 0. The molecule has 1 aromatic carbocycles. The van der Waals surface area contributed by atoms with Gasteiger partial charge in [-0.1, -0.05) is 23.8 Å². The lowest BCUT2D eigenvalue weighted by atomic mass is 9.98. The summed E-state index contributed by atoms with van der Waals surface area (Å²) in [6, 6.07) is 9.79. The normalized spacial score (nSPS) is 12.2. The van der Waals surface area contributed by atoms with E-state index in [1.165, 1.54) is 5.56 Å². The summed E-state index contributed by atoms with van der Waals surface area (Å²) in [6.45, 7) is 4.01. The Balaban J connectivity index is 2.41. The van der Waals surface area contributed by atoms with Gasteiger partial charge in [0.1, 0.15) is 5.75 Å². The van der Waals surface area contributed by atoms with Crippen LogP contribution in [0.4, 0.5) is 0 Å². The number of ether oxygens (including phenoxy) is 1. The topological polar surface area (TPSA) is 48.1 Å². The third-order valence-corrected chi connectivity index (χ3v) is 3.01. The molecule has 0 saturated carbocycles. The summed E-state index contributed by atoms with van der Waals surface area (Å²) in [5, 5.41) is 0. The van der Waals surface area contributed by atoms with Crippen molar-refractivity contribution in [2.45, 2.75) is 19.9 Å². The van der Waals surface area contributed by atoms with Gasteiger partial charge in [0.2, 0.25) is 0 Å². The highest BCUT2D eigenvalue weighted by Gasteiger charge is 2.14. The predicted octanol–water partition coefficient (Wildman–Crippen LogP) is 2.76. The first kappa shape index (κ1) is 12.6. The molecule has 0 saturated heterocycles. The highest BCUT2D eigenvalue weighted by Crippen LogP contribution is 2.28. The minimum atomic E-state index is -0.215. The van der Waals surface area contributed by atoms with Crippen LogP contribution in [0.25, 0.3) is 0 Å². The summed E-state index contributed by atoms with van der Waals surface area (Å²) < 4.78 is 5.37. The SMILES string of the molecule is COc1ccc(C)cc1C(N)c1ccc(C)nc1. The van der Waals surface area contributed by atoms with E-state index in [4.69, 9.17) is 10.5 Å². The number of benzene rings is 1. The maximum absolute atomic E-state index is 6.29. The number of methoxy groups -OCH3 is 1. The van der Waals surface area contributed by atoms with Crippen LogP contribution in [0.5, 0.6) is 5.75 Å². The Bertz CT molecular complexity index is 535. The van der Waals surface area contributed by atoms with Crippen LogP contribution in [0, 0.1) is 13.8 Å². The molecule has 0 fully saturated rings. The zero-order chi connectivity index (χ0) is 13.1. The second-order valence-electron chi connectivity index (χ2n) is 4.46. The van der Waals surface area contributed by atoms with E-state index in [1.54, 1.807) is 7.11 Å². The Hall–Kier alpha value is -1.87. The van der Waals surface area contributed by atoms with Gasteiger partial charge in [-0.25, -0.2) is 0 Å². The standard InChI is InChI=1S/C15H18N2O/c1-10-4-7-14(18-3)13(8-10)15(16)12-6-5-11(2)17-9-12/h4-9,15H,16H2,1-3H3. The van der Waals surface area contributed by atoms with Crippen LogP contribution in [0.1, 0.15) is 28.4 Å². The molecule has 2 rings (SSSR count). The van der Waals surface area contributed by atoms with E-state index in [2.05, 4.69) is 11.1 Å². The fraction of sp³-hybridized carbons (Fsp3) is 0.267. The molecule has 3 heteroatoms. The molecule has 94 valence electrons. The lowest BCUT2D eigenvalue weighted by molar-refractivity contribution is 0.407. The molecular formula is C15H18N2O. The number of rotatable bonds is 3. The van der Waals surface area contributed by atoms with Crippen molar-refractivity contribution in [1.29, 1.82) is 0 Å². The average molecular weight is 242 g/mol. The van der Waals surface area contributed by atoms with Crippen molar-refractivity contribution in [2.75, 3.05) is 7.11 Å². The van der Waals surface area contributed by atoms with E-state index < -0.39 is 0 Å². The highest BCUT2D eigenvalue weighted by atomic mass is 16.5. The van der Waals surface area contributed by atoms with Crippen LogP contribution in [-0.2, 0) is 0 Å². The zero-order valence-electron chi connectivity index (χ0n) is 11.0. The molecule has 3 nitrogen and oxygen atoms in total. The Labute approximate surface area is 108 Å². The number of aryl methyl sites for hydroxylation is 2. The summed E-state index contributed by atoms with van der Waals surface area (Å²) in [6.07, 6.45) is 1.82. The number of hydrogen-bond acceptors (Lipinski definition) is 3. The lowest BCUT2D eigenvalue weighted by Gasteiger charge is -2.16. The van der Waals surface area contributed by atoms with Crippen molar-refractivity contribution in [2.24, 2.45) is 5.73 Å². The van der Waals surface area contributed by atoms with Gasteiger partial charge in [-0.3, -0.25) is 4.98 Å². The number of nitrogens with zero attached hydrogens (tertiary/aromatic N) is 1. The van der Waals surface area contributed by atoms with Crippen molar-refractivity contribution in [1.82, 2.24) is 4.98 Å². The Morgan fingerprint density at radius 3 is 2.56 bits per heavy atom. The third-order valence-electron chi connectivity index (χ3n) is 3.01. The van der Waals surface area contributed by atoms with Crippen molar-refractivity contribution in [3.05, 3.63) is 58.9 Å². The van der Waals surface area contributed by atoms with Gasteiger partial charge in [-0.15, -0.1) is 0 Å². The summed E-state index contributed by atoms with van der Waals surface area (Å²) in [4.78, 5) is 4.28. The largest absolute Gasteiger partial charge is 0.496 e. The van der Waals surface area contributed by atoms with Gasteiger partial charge < -0.3 is 10.5 Å². The number of pyridine rings is 1. The molecule has 1 unspecified atom stereocenters. The molecule has 0 spiro atoms. The minimum Gasteiger partial charge on any atom is -0.496 e. The van der Waals surface area contributed by atoms with Gasteiger partial charge in [-0.05, 0) is 31.5 Å². The molecule has 0 bridgehead atoms. The van der Waals surface area contributed by atoms with E-state index >= 15 is 0 Å². The van der Waals surface area contributed by atoms with Gasteiger partial charge in [0.05, 0.1) is 13.2 Å². The molecule has 2 N–H and O–H groups in total. The number of aromatic nitrogens is 1. The highest BCUT2D eigenvalue weighted by molar-refractivity contribution is 5.43. The van der Waals surface area contributed by atoms with Crippen molar-refractivity contribution in [3.8, 4) is 5.75 Å². The van der Waals surface area contributed by atoms with Crippen molar-refractivity contribution < 1.29 is 4.74 Å². The number of nitrogens with two attached hydrogens (primary N) is 1. The summed E-state index contributed by atoms with van der Waals surface area (Å²) in [7, 11) is 1.66. The Morgan fingerprint density at radius 2 is 1.94 bits per heavy atom. The molecular weight excluding hydrogens is 224 g/mol. The quantitative estimate of drug-likeness (QED) is 0.900. The van der Waals surface area contributed by atoms with E-state index in [-0.39, 0.29) is 6.04 Å². The third kappa shape index (κ3) is 2.51. The molecule has 1 aromatic heterocycles. The smallest absolute Gasteiger partial charge is 0.123 e. The molecule has 18 heavy (non-hydrogen) atoms. The maximum Gasteiger partial charge on any atom is 0.123 e. The summed E-state index contributed by atoms with van der Waals surface area (Å²) in [5.74, 6) is 0.814. The van der Waals surface area contributed by atoms with E-state index in [0.29, 0.717) is 0 Å². The van der Waals surface area contributed by atoms with Crippen molar-refractivity contribution >= 4 is 0 Å². The van der Waals surface area contributed by atoms with Gasteiger partial charge in [-0.2, -0.15) is 0 Å². The van der Waals surface area contributed by atoms with Crippen LogP contribution in [0.2, 0.25) is 0 Å². The monoisotopic (exact) mass is 242 g/mol. The number of hydrogen-bond donors (Lipinski definition) is 1. The van der Waals surface area contributed by atoms with Crippen LogP contribution in [-0.4, -0.2) is 12.1 Å². The van der Waals surface area contributed by atoms with Gasteiger partial charge >= 0.3 is 0 Å². The molecule has 1 atom stereocenters. The first-order chi connectivity index (χ1) is 8.61. The van der Waals surface area contributed by atoms with Crippen molar-refractivity contribution in [3.63, 3.8) is 0 Å². The first-order valence-electron chi connectivity index (χ1n) is 5.94. The van der Waals surface area contributed by atoms with Gasteiger partial charge in [0, 0.05) is 17.5 Å². The van der Waals surface area contributed by atoms with Crippen LogP contribution < -0.4 is 10.5 Å². The van der Waals surface area contributed by atoms with Crippen LogP contribution >= 0.6 is 0 Å². The second-order valence-corrected chi connectivity index (χ2v) is 4.46. The predicted molar refractivity (Wildman–Crippen MR) is 72.7 cm³/mol. The van der Waals surface area contributed by atoms with E-state index in [1.807, 2.05) is 44.3 Å². The molecule has 0 aliphatic rings. The Kier molecular flexibility index (Phi) is 3.63. The minimum absolute atomic E-state index is 0.215. The first-order valence-corrected chi connectivity index (χ1v) is 5.94. The van der Waals surface area contributed by atoms with Gasteiger partial charge in [0.25, 0.3) is 0 Å². The van der Waals surface area contributed by atoms with Crippen LogP contribution in [0.15, 0.2) is 36.5 Å². The fourth-order valence-corrected chi connectivity index (χ4v) is 1.94. The molecule has 2 aromatic rings. The van der Waals surface area contributed by atoms with Crippen LogP contribution in [0.3, 0.4) is 0 Å². The molecule has 0 amide bonds. The van der Waals surface area contributed by atoms with Gasteiger partial charge in [0.15, 0.2) is 0 Å². The second kappa shape index (κ2) is 5.19. The lowest BCUT2D eigenvalue weighted by Crippen LogP contribution is -2.13. The van der Waals surface area contributed by atoms with E-state index in [9.17, 15) is 0 Å². The van der Waals surface area contributed by atoms with E-state index in [0.717, 1.165) is 22.6 Å². The molecule has 0 radical (unpaired) electrons. The Morgan fingerprint density at radius 1 is 1.17 bits per heavy atom. The molecule has 0 aliphatic heterocycles. The molecule has 1 heterocycles. The summed E-state index contributed by atoms with van der Waals surface area (Å²) in [5.41, 5.74) is 10.4. The maximum atomic E-state index is 6.29. The zero-order valence-corrected chi connectivity index (χ0v) is 11.0. The fourth-order valence-electron chi connectivity index (χ4n) is 1.94. The average Bonchev–Trinajstić information content (AvgIpc) is 2.39.